The smallest absolute Gasteiger partial charge is 0.282 e. The molecule has 0 unspecified atom stereocenters. The Kier molecular flexibility index (Phi) is 2.40. The monoisotopic (exact) mass is 150 g/mol. The predicted octanol–water partition coefficient (Wildman–Crippen LogP) is 1.04. The molecule has 0 heterocycles. The van der Waals surface area contributed by atoms with Gasteiger partial charge in [0.25, 0.3) is 10.1 Å². The summed E-state index contributed by atoms with van der Waals surface area (Å²) in [5.41, 5.74) is 0. The van der Waals surface area contributed by atoms with Crippen molar-refractivity contribution in [1.82, 2.24) is 0 Å². The fraction of sp³-hybridized carbons (Fsp3) is 0.600. The van der Waals surface area contributed by atoms with Gasteiger partial charge in [0, 0.05) is 0 Å². The van der Waals surface area contributed by atoms with Gasteiger partial charge < -0.3 is 0 Å². The van der Waals surface area contributed by atoms with Crippen molar-refractivity contribution in [2.24, 2.45) is 5.92 Å². The SMILES string of the molecule is C=C(C(C)C)S(=O)(=O)O. The highest BCUT2D eigenvalue weighted by Crippen LogP contribution is 2.11. The van der Waals surface area contributed by atoms with E-state index >= 15 is 0 Å². The summed E-state index contributed by atoms with van der Waals surface area (Å²) in [7, 11) is -4.00. The highest BCUT2D eigenvalue weighted by atomic mass is 32.2. The Balaban J connectivity index is 4.45. The van der Waals surface area contributed by atoms with E-state index in [9.17, 15) is 8.42 Å². The second-order valence-corrected chi connectivity index (χ2v) is 3.57. The van der Waals surface area contributed by atoms with Gasteiger partial charge in [0.2, 0.25) is 0 Å². The van der Waals surface area contributed by atoms with Gasteiger partial charge in [-0.2, -0.15) is 8.42 Å². The number of rotatable bonds is 2. The molecule has 0 rings (SSSR count). The van der Waals surface area contributed by atoms with E-state index in [0.717, 1.165) is 0 Å². The molecule has 0 aromatic carbocycles. The molecule has 0 aromatic rings. The molecule has 0 atom stereocenters. The van der Waals surface area contributed by atoms with Crippen molar-refractivity contribution < 1.29 is 13.0 Å². The normalized spacial score (nSPS) is 12.0. The Morgan fingerprint density at radius 3 is 1.89 bits per heavy atom. The van der Waals surface area contributed by atoms with Crippen LogP contribution in [0.5, 0.6) is 0 Å². The minimum Gasteiger partial charge on any atom is -0.282 e. The molecule has 0 bridgehead atoms. The Bertz CT molecular complexity index is 200. The Morgan fingerprint density at radius 2 is 1.89 bits per heavy atom. The van der Waals surface area contributed by atoms with Crippen LogP contribution in [0.4, 0.5) is 0 Å². The summed E-state index contributed by atoms with van der Waals surface area (Å²) in [6.07, 6.45) is 0. The van der Waals surface area contributed by atoms with Gasteiger partial charge in [-0.1, -0.05) is 20.4 Å². The van der Waals surface area contributed by atoms with Crippen molar-refractivity contribution in [2.45, 2.75) is 13.8 Å². The zero-order chi connectivity index (χ0) is 7.65. The third-order valence-electron chi connectivity index (χ3n) is 0.975. The Morgan fingerprint density at radius 1 is 1.56 bits per heavy atom. The molecule has 0 fully saturated rings. The van der Waals surface area contributed by atoms with Gasteiger partial charge in [0.05, 0.1) is 4.91 Å². The van der Waals surface area contributed by atoms with Crippen LogP contribution in [0.1, 0.15) is 13.8 Å². The van der Waals surface area contributed by atoms with Crippen LogP contribution in [0.25, 0.3) is 0 Å². The first kappa shape index (κ1) is 8.65. The lowest BCUT2D eigenvalue weighted by atomic mass is 10.2. The summed E-state index contributed by atoms with van der Waals surface area (Å²) in [5.74, 6) is -0.222. The lowest BCUT2D eigenvalue weighted by Crippen LogP contribution is -2.05. The first-order valence-electron chi connectivity index (χ1n) is 2.52. The molecule has 0 saturated heterocycles. The van der Waals surface area contributed by atoms with Crippen LogP contribution in [-0.2, 0) is 10.1 Å². The van der Waals surface area contributed by atoms with Crippen molar-refractivity contribution in [3.8, 4) is 0 Å². The van der Waals surface area contributed by atoms with Gasteiger partial charge in [-0.3, -0.25) is 4.55 Å². The molecule has 0 aromatic heterocycles. The Hall–Kier alpha value is -0.350. The minimum absolute atomic E-state index is 0.137. The van der Waals surface area contributed by atoms with E-state index in [1.807, 2.05) is 0 Å². The molecule has 0 saturated carbocycles. The maximum atomic E-state index is 10.2. The van der Waals surface area contributed by atoms with Crippen molar-refractivity contribution in [1.29, 1.82) is 0 Å². The number of allylic oxidation sites excluding steroid dienone is 1. The van der Waals surface area contributed by atoms with Crippen LogP contribution in [0, 0.1) is 5.92 Å². The van der Waals surface area contributed by atoms with Crippen LogP contribution in [-0.4, -0.2) is 13.0 Å². The van der Waals surface area contributed by atoms with Crippen LogP contribution < -0.4 is 0 Å². The van der Waals surface area contributed by atoms with Crippen molar-refractivity contribution in [2.75, 3.05) is 0 Å². The average Bonchev–Trinajstić information content (AvgIpc) is 1.62. The van der Waals surface area contributed by atoms with Crippen molar-refractivity contribution in [3.63, 3.8) is 0 Å². The average molecular weight is 150 g/mol. The molecular formula is C5H10O3S. The second kappa shape index (κ2) is 2.49. The van der Waals surface area contributed by atoms with Crippen LogP contribution in [0.2, 0.25) is 0 Å². The van der Waals surface area contributed by atoms with E-state index in [2.05, 4.69) is 6.58 Å². The largest absolute Gasteiger partial charge is 0.290 e. The molecule has 0 amide bonds. The van der Waals surface area contributed by atoms with Crippen molar-refractivity contribution in [3.05, 3.63) is 11.5 Å². The Labute approximate surface area is 55.1 Å². The minimum atomic E-state index is -4.00. The van der Waals surface area contributed by atoms with Crippen molar-refractivity contribution >= 4 is 10.1 Å². The lowest BCUT2D eigenvalue weighted by molar-refractivity contribution is 0.485. The molecular weight excluding hydrogens is 140 g/mol. The summed E-state index contributed by atoms with van der Waals surface area (Å²) < 4.78 is 28.8. The van der Waals surface area contributed by atoms with E-state index in [1.165, 1.54) is 0 Å². The number of hydrogen-bond donors (Lipinski definition) is 1. The maximum absolute atomic E-state index is 10.2. The van der Waals surface area contributed by atoms with E-state index in [4.69, 9.17) is 4.55 Å². The summed E-state index contributed by atoms with van der Waals surface area (Å²) in [4.78, 5) is -0.137. The fourth-order valence-corrected chi connectivity index (χ4v) is 0.894. The summed E-state index contributed by atoms with van der Waals surface area (Å²) in [5, 5.41) is 0. The zero-order valence-corrected chi connectivity index (χ0v) is 6.27. The van der Waals surface area contributed by atoms with Crippen LogP contribution >= 0.6 is 0 Å². The molecule has 1 N–H and O–H groups in total. The third kappa shape index (κ3) is 2.62. The predicted molar refractivity (Wildman–Crippen MR) is 35.5 cm³/mol. The van der Waals surface area contributed by atoms with Gasteiger partial charge in [-0.25, -0.2) is 0 Å². The summed E-state index contributed by atoms with van der Waals surface area (Å²) >= 11 is 0. The zero-order valence-electron chi connectivity index (χ0n) is 5.46. The van der Waals surface area contributed by atoms with Gasteiger partial charge in [0.1, 0.15) is 0 Å². The van der Waals surface area contributed by atoms with Crippen LogP contribution in [0.15, 0.2) is 11.5 Å². The lowest BCUT2D eigenvalue weighted by Gasteiger charge is -2.02. The fourth-order valence-electron chi connectivity index (χ4n) is 0.298. The first-order chi connectivity index (χ1) is 3.85. The van der Waals surface area contributed by atoms with Crippen LogP contribution in [0.3, 0.4) is 0 Å². The molecule has 0 aliphatic heterocycles. The highest BCUT2D eigenvalue weighted by Gasteiger charge is 2.13. The topological polar surface area (TPSA) is 54.4 Å². The van der Waals surface area contributed by atoms with Gasteiger partial charge in [0.15, 0.2) is 0 Å². The third-order valence-corrected chi connectivity index (χ3v) is 2.11. The van der Waals surface area contributed by atoms with E-state index < -0.39 is 10.1 Å². The quantitative estimate of drug-likeness (QED) is 0.598. The summed E-state index contributed by atoms with van der Waals surface area (Å²) in [6.45, 7) is 6.49. The van der Waals surface area contributed by atoms with Gasteiger partial charge >= 0.3 is 0 Å². The number of hydrogen-bond acceptors (Lipinski definition) is 2. The molecule has 9 heavy (non-hydrogen) atoms. The molecule has 0 spiro atoms. The van der Waals surface area contributed by atoms with E-state index in [0.29, 0.717) is 0 Å². The maximum Gasteiger partial charge on any atom is 0.290 e. The van der Waals surface area contributed by atoms with Gasteiger partial charge in [-0.05, 0) is 5.92 Å². The molecule has 54 valence electrons. The summed E-state index contributed by atoms with van der Waals surface area (Å²) in [6, 6.07) is 0. The second-order valence-electron chi connectivity index (χ2n) is 2.10. The van der Waals surface area contributed by atoms with Gasteiger partial charge in [-0.15, -0.1) is 0 Å². The molecule has 0 radical (unpaired) electrons. The first-order valence-corrected chi connectivity index (χ1v) is 3.96. The molecule has 4 heteroatoms. The van der Waals surface area contributed by atoms with E-state index in [1.54, 1.807) is 13.8 Å². The van der Waals surface area contributed by atoms with E-state index in [-0.39, 0.29) is 10.8 Å². The standard InChI is InChI=1S/C5H10O3S/c1-4(2)5(3)9(6,7)8/h4H,3H2,1-2H3,(H,6,7,8). The molecule has 0 aliphatic carbocycles. The molecule has 3 nitrogen and oxygen atoms in total. The highest BCUT2D eigenvalue weighted by molar-refractivity contribution is 7.89. The molecule has 0 aliphatic rings.